The highest BCUT2D eigenvalue weighted by Gasteiger charge is 2.22. The first-order valence-corrected chi connectivity index (χ1v) is 3.41. The fraction of sp³-hybridized carbons (Fsp3) is 0.333. The van der Waals surface area contributed by atoms with E-state index in [1.165, 1.54) is 6.08 Å². The van der Waals surface area contributed by atoms with Gasteiger partial charge in [0, 0.05) is 5.41 Å². The molecule has 0 aliphatic carbocycles. The largest absolute Gasteiger partial charge is 0.312 e. The Kier molecular flexibility index (Phi) is 0.739. The van der Waals surface area contributed by atoms with Gasteiger partial charge in [0.2, 0.25) is 0 Å². The lowest BCUT2D eigenvalue weighted by Crippen LogP contribution is -2.32. The van der Waals surface area contributed by atoms with Crippen LogP contribution in [0.1, 0.15) is 0 Å². The molecule has 3 nitrogen and oxygen atoms in total. The van der Waals surface area contributed by atoms with Crippen LogP contribution in [-0.4, -0.2) is 13.8 Å². The molecule has 0 aromatic rings. The van der Waals surface area contributed by atoms with Crippen LogP contribution >= 0.6 is 0 Å². The van der Waals surface area contributed by atoms with E-state index >= 15 is 0 Å². The smallest absolute Gasteiger partial charge is 0.190 e. The zero-order valence-electron chi connectivity index (χ0n) is 3.53. The van der Waals surface area contributed by atoms with E-state index in [-0.39, 0.29) is 0 Å². The molecule has 2 N–H and O–H groups in total. The van der Waals surface area contributed by atoms with Gasteiger partial charge in [-0.2, -0.15) is 0 Å². The maximum absolute atomic E-state index is 10.2. The monoisotopic (exact) mass is 119 g/mol. The Balaban J connectivity index is 3.08. The number of nitrogens with two attached hydrogens (primary N) is 1. The van der Waals surface area contributed by atoms with E-state index in [4.69, 9.17) is 5.73 Å². The standard InChI is InChI=1S/C3H5NO2S/c4-3-1-2-7(3,5)6/h1-3H,4H2. The summed E-state index contributed by atoms with van der Waals surface area (Å²) in [5.41, 5.74) is 4.98. The zero-order chi connectivity index (χ0) is 5.49. The Hall–Kier alpha value is -0.350. The van der Waals surface area contributed by atoms with E-state index in [9.17, 15) is 8.42 Å². The summed E-state index contributed by atoms with van der Waals surface area (Å²) in [4.78, 5) is 0. The maximum atomic E-state index is 10.2. The summed E-state index contributed by atoms with van der Waals surface area (Å²) in [6, 6.07) is 0. The van der Waals surface area contributed by atoms with Crippen LogP contribution in [0.2, 0.25) is 0 Å². The second kappa shape index (κ2) is 1.08. The summed E-state index contributed by atoms with van der Waals surface area (Å²) in [6.45, 7) is 0. The van der Waals surface area contributed by atoms with Crippen molar-refractivity contribution in [3.8, 4) is 0 Å². The highest BCUT2D eigenvalue weighted by molar-refractivity contribution is 7.96. The number of sulfone groups is 1. The van der Waals surface area contributed by atoms with Crippen LogP contribution in [-0.2, 0) is 9.84 Å². The highest BCUT2D eigenvalue weighted by Crippen LogP contribution is 2.09. The van der Waals surface area contributed by atoms with Crippen LogP contribution in [0.15, 0.2) is 11.5 Å². The minimum Gasteiger partial charge on any atom is -0.312 e. The maximum Gasteiger partial charge on any atom is 0.190 e. The fourth-order valence-corrected chi connectivity index (χ4v) is 0.893. The average molecular weight is 119 g/mol. The molecular weight excluding hydrogens is 114 g/mol. The van der Waals surface area contributed by atoms with Crippen LogP contribution in [0, 0.1) is 0 Å². The van der Waals surface area contributed by atoms with Crippen LogP contribution in [0.5, 0.6) is 0 Å². The second-order valence-corrected chi connectivity index (χ2v) is 3.38. The van der Waals surface area contributed by atoms with Crippen LogP contribution in [0.25, 0.3) is 0 Å². The average Bonchev–Trinajstić information content (AvgIpc) is 1.63. The summed E-state index contributed by atoms with van der Waals surface area (Å²) in [7, 11) is -2.96. The van der Waals surface area contributed by atoms with Crippen molar-refractivity contribution in [1.82, 2.24) is 0 Å². The number of hydrogen-bond donors (Lipinski definition) is 1. The Morgan fingerprint density at radius 1 is 1.57 bits per heavy atom. The van der Waals surface area contributed by atoms with Gasteiger partial charge in [0.15, 0.2) is 9.84 Å². The molecule has 7 heavy (non-hydrogen) atoms. The van der Waals surface area contributed by atoms with E-state index in [1.54, 1.807) is 0 Å². The predicted octanol–water partition coefficient (Wildman–Crippen LogP) is -0.787. The molecule has 1 aliphatic rings. The first kappa shape index (κ1) is 4.80. The lowest BCUT2D eigenvalue weighted by molar-refractivity contribution is 0.593. The third-order valence-electron chi connectivity index (χ3n) is 0.837. The third kappa shape index (κ3) is 0.555. The zero-order valence-corrected chi connectivity index (χ0v) is 4.35. The Bertz CT molecular complexity index is 191. The number of hydrogen-bond acceptors (Lipinski definition) is 3. The lowest BCUT2D eigenvalue weighted by Gasteiger charge is -2.10. The van der Waals surface area contributed by atoms with Crippen molar-refractivity contribution in [2.75, 3.05) is 0 Å². The predicted molar refractivity (Wildman–Crippen MR) is 26.0 cm³/mol. The van der Waals surface area contributed by atoms with Crippen molar-refractivity contribution in [3.05, 3.63) is 11.5 Å². The van der Waals surface area contributed by atoms with Crippen molar-refractivity contribution in [1.29, 1.82) is 0 Å². The molecule has 0 saturated carbocycles. The van der Waals surface area contributed by atoms with Crippen molar-refractivity contribution in [2.45, 2.75) is 5.37 Å². The summed E-state index contributed by atoms with van der Waals surface area (Å²) < 4.78 is 20.4. The van der Waals surface area contributed by atoms with Crippen LogP contribution < -0.4 is 5.73 Å². The second-order valence-electron chi connectivity index (χ2n) is 1.38. The Labute approximate surface area is 41.7 Å². The van der Waals surface area contributed by atoms with E-state index in [0.717, 1.165) is 5.41 Å². The molecule has 1 unspecified atom stereocenters. The lowest BCUT2D eigenvalue weighted by atomic mass is 10.6. The molecule has 1 heterocycles. The molecule has 0 amide bonds. The van der Waals surface area contributed by atoms with Crippen LogP contribution in [0.3, 0.4) is 0 Å². The first-order chi connectivity index (χ1) is 3.13. The first-order valence-electron chi connectivity index (χ1n) is 1.80. The van der Waals surface area contributed by atoms with E-state index in [0.29, 0.717) is 0 Å². The van der Waals surface area contributed by atoms with Crippen LogP contribution in [0.4, 0.5) is 0 Å². The molecule has 1 rings (SSSR count). The van der Waals surface area contributed by atoms with Gasteiger partial charge in [0.05, 0.1) is 0 Å². The van der Waals surface area contributed by atoms with Gasteiger partial charge < -0.3 is 5.73 Å². The Morgan fingerprint density at radius 3 is 2.00 bits per heavy atom. The molecular formula is C3H5NO2S. The molecule has 1 aliphatic heterocycles. The van der Waals surface area contributed by atoms with Crippen molar-refractivity contribution in [2.24, 2.45) is 5.73 Å². The molecule has 0 saturated heterocycles. The van der Waals surface area contributed by atoms with E-state index in [1.807, 2.05) is 0 Å². The topological polar surface area (TPSA) is 60.2 Å². The molecule has 0 spiro atoms. The molecule has 0 fully saturated rings. The van der Waals surface area contributed by atoms with E-state index in [2.05, 4.69) is 0 Å². The molecule has 0 aromatic carbocycles. The van der Waals surface area contributed by atoms with Gasteiger partial charge in [-0.15, -0.1) is 0 Å². The molecule has 0 bridgehead atoms. The highest BCUT2D eigenvalue weighted by atomic mass is 32.2. The van der Waals surface area contributed by atoms with Gasteiger partial charge in [-0.1, -0.05) is 0 Å². The quantitative estimate of drug-likeness (QED) is 0.454. The fourth-order valence-electron chi connectivity index (χ4n) is 0.298. The minimum atomic E-state index is -2.96. The molecule has 1 atom stereocenters. The number of rotatable bonds is 0. The SMILES string of the molecule is NC1C=CS1(=O)=O. The van der Waals surface area contributed by atoms with Gasteiger partial charge in [0.1, 0.15) is 5.37 Å². The normalized spacial score (nSPS) is 34.7. The summed E-state index contributed by atoms with van der Waals surface area (Å²) >= 11 is 0. The molecule has 0 aromatic heterocycles. The van der Waals surface area contributed by atoms with Gasteiger partial charge >= 0.3 is 0 Å². The molecule has 4 heteroatoms. The van der Waals surface area contributed by atoms with Crippen molar-refractivity contribution in [3.63, 3.8) is 0 Å². The minimum absolute atomic E-state index is 0.729. The van der Waals surface area contributed by atoms with E-state index < -0.39 is 15.2 Å². The summed E-state index contributed by atoms with van der Waals surface area (Å²) in [5.74, 6) is 0. The summed E-state index contributed by atoms with van der Waals surface area (Å²) in [5, 5.41) is 0.380. The third-order valence-corrected chi connectivity index (χ3v) is 2.29. The Morgan fingerprint density at radius 2 is 2.00 bits per heavy atom. The van der Waals surface area contributed by atoms with Gasteiger partial charge in [-0.05, 0) is 6.08 Å². The van der Waals surface area contributed by atoms with Gasteiger partial charge in [-0.3, -0.25) is 0 Å². The molecule has 0 radical (unpaired) electrons. The van der Waals surface area contributed by atoms with Gasteiger partial charge in [-0.25, -0.2) is 8.42 Å². The van der Waals surface area contributed by atoms with Crippen molar-refractivity contribution >= 4 is 9.84 Å². The summed E-state index contributed by atoms with van der Waals surface area (Å²) in [6.07, 6.45) is 1.44. The molecule has 40 valence electrons. The van der Waals surface area contributed by atoms with Gasteiger partial charge in [0.25, 0.3) is 0 Å². The van der Waals surface area contributed by atoms with Crippen molar-refractivity contribution < 1.29 is 8.42 Å².